The molecule has 0 bridgehead atoms. The lowest BCUT2D eigenvalue weighted by Gasteiger charge is -2.07. The number of nitrogens with zero attached hydrogens (tertiary/aromatic N) is 1. The maximum Gasteiger partial charge on any atom is 0.119 e. The van der Waals surface area contributed by atoms with Crippen molar-refractivity contribution in [1.29, 1.82) is 0 Å². The van der Waals surface area contributed by atoms with Crippen LogP contribution in [-0.4, -0.2) is 11.7 Å². The zero-order valence-electron chi connectivity index (χ0n) is 9.32. The molecule has 0 aliphatic heterocycles. The first kappa shape index (κ1) is 9.84. The van der Waals surface area contributed by atoms with E-state index < -0.39 is 0 Å². The van der Waals surface area contributed by atoms with Crippen LogP contribution in [0.3, 0.4) is 0 Å². The highest BCUT2D eigenvalue weighted by molar-refractivity contribution is 5.62. The van der Waals surface area contributed by atoms with Gasteiger partial charge in [-0.25, -0.2) is 0 Å². The summed E-state index contributed by atoms with van der Waals surface area (Å²) in [6, 6.07) is 12.4. The Morgan fingerprint density at radius 3 is 2.53 bits per heavy atom. The monoisotopic (exact) mass is 201 g/mol. The Bertz CT molecular complexity index is 471. The van der Waals surface area contributed by atoms with Gasteiger partial charge >= 0.3 is 0 Å². The summed E-state index contributed by atoms with van der Waals surface area (Å²) in [6.07, 6.45) is 0. The van der Waals surface area contributed by atoms with E-state index in [1.165, 1.54) is 17.0 Å². The Kier molecular flexibility index (Phi) is 2.50. The number of rotatable bonds is 2. The van der Waals surface area contributed by atoms with E-state index in [1.807, 2.05) is 12.1 Å². The first-order chi connectivity index (χ1) is 7.22. The third kappa shape index (κ3) is 1.75. The molecule has 0 aliphatic rings. The topological polar surface area (TPSA) is 14.2 Å². The molecule has 0 aliphatic carbocycles. The molecule has 0 fully saturated rings. The van der Waals surface area contributed by atoms with Crippen LogP contribution in [0.5, 0.6) is 5.75 Å². The second-order valence-corrected chi connectivity index (χ2v) is 3.65. The van der Waals surface area contributed by atoms with Crippen molar-refractivity contribution in [1.82, 2.24) is 4.57 Å². The number of aryl methyl sites for hydroxylation is 1. The summed E-state index contributed by atoms with van der Waals surface area (Å²) < 4.78 is 7.39. The summed E-state index contributed by atoms with van der Waals surface area (Å²) in [5.74, 6) is 0.895. The standard InChI is InChI=1S/C13H15NO/c1-10-7-8-13(14(10)2)11-5-4-6-12(9-11)15-3/h4-9H,1-3H3. The number of ether oxygens (including phenoxy) is 1. The van der Waals surface area contributed by atoms with Crippen molar-refractivity contribution in [3.63, 3.8) is 0 Å². The minimum atomic E-state index is 0.895. The highest BCUT2D eigenvalue weighted by atomic mass is 16.5. The van der Waals surface area contributed by atoms with Crippen molar-refractivity contribution in [2.24, 2.45) is 7.05 Å². The molecule has 0 N–H and O–H groups in total. The SMILES string of the molecule is COc1cccc(-c2ccc(C)n2C)c1. The fourth-order valence-corrected chi connectivity index (χ4v) is 1.69. The Morgan fingerprint density at radius 1 is 1.13 bits per heavy atom. The lowest BCUT2D eigenvalue weighted by Crippen LogP contribution is -1.93. The van der Waals surface area contributed by atoms with Crippen LogP contribution < -0.4 is 4.74 Å². The van der Waals surface area contributed by atoms with Gasteiger partial charge in [-0.1, -0.05) is 12.1 Å². The average molecular weight is 201 g/mol. The largest absolute Gasteiger partial charge is 0.497 e. The predicted octanol–water partition coefficient (Wildman–Crippen LogP) is 3.01. The average Bonchev–Trinajstić information content (AvgIpc) is 2.60. The van der Waals surface area contributed by atoms with E-state index in [0.29, 0.717) is 0 Å². The minimum Gasteiger partial charge on any atom is -0.497 e. The van der Waals surface area contributed by atoms with Crippen LogP contribution in [-0.2, 0) is 7.05 Å². The van der Waals surface area contributed by atoms with Crippen molar-refractivity contribution in [2.75, 3.05) is 7.11 Å². The second-order valence-electron chi connectivity index (χ2n) is 3.65. The van der Waals surface area contributed by atoms with Crippen molar-refractivity contribution >= 4 is 0 Å². The van der Waals surface area contributed by atoms with Crippen LogP contribution in [0.2, 0.25) is 0 Å². The van der Waals surface area contributed by atoms with Crippen molar-refractivity contribution in [3.8, 4) is 17.0 Å². The van der Waals surface area contributed by atoms with Crippen LogP contribution in [0.25, 0.3) is 11.3 Å². The molecule has 78 valence electrons. The van der Waals surface area contributed by atoms with Gasteiger partial charge in [0.15, 0.2) is 0 Å². The molecule has 0 saturated heterocycles. The predicted molar refractivity (Wildman–Crippen MR) is 62.1 cm³/mol. The summed E-state index contributed by atoms with van der Waals surface area (Å²) in [5.41, 5.74) is 3.66. The van der Waals surface area contributed by atoms with E-state index in [4.69, 9.17) is 4.74 Å². The fraction of sp³-hybridized carbons (Fsp3) is 0.231. The van der Waals surface area contributed by atoms with Crippen molar-refractivity contribution in [2.45, 2.75) is 6.92 Å². The molecular weight excluding hydrogens is 186 g/mol. The first-order valence-corrected chi connectivity index (χ1v) is 4.99. The molecule has 0 saturated carbocycles. The van der Waals surface area contributed by atoms with Crippen LogP contribution in [0.15, 0.2) is 36.4 Å². The van der Waals surface area contributed by atoms with E-state index >= 15 is 0 Å². The Labute approximate surface area is 90.1 Å². The van der Waals surface area contributed by atoms with Gasteiger partial charge in [0.2, 0.25) is 0 Å². The molecule has 2 heteroatoms. The maximum absolute atomic E-state index is 5.21. The molecular formula is C13H15NO. The minimum absolute atomic E-state index is 0.895. The summed E-state index contributed by atoms with van der Waals surface area (Å²) in [7, 11) is 3.76. The van der Waals surface area contributed by atoms with Gasteiger partial charge in [0, 0.05) is 24.0 Å². The molecule has 0 atom stereocenters. The van der Waals surface area contributed by atoms with E-state index in [2.05, 4.69) is 42.8 Å². The first-order valence-electron chi connectivity index (χ1n) is 4.99. The molecule has 0 radical (unpaired) electrons. The number of benzene rings is 1. The van der Waals surface area contributed by atoms with Gasteiger partial charge in [-0.2, -0.15) is 0 Å². The molecule has 1 heterocycles. The lowest BCUT2D eigenvalue weighted by molar-refractivity contribution is 0.415. The van der Waals surface area contributed by atoms with Crippen molar-refractivity contribution < 1.29 is 4.74 Å². The van der Waals surface area contributed by atoms with Crippen LogP contribution in [0.1, 0.15) is 5.69 Å². The van der Waals surface area contributed by atoms with E-state index in [1.54, 1.807) is 7.11 Å². The summed E-state index contributed by atoms with van der Waals surface area (Å²) >= 11 is 0. The number of aromatic nitrogens is 1. The summed E-state index contributed by atoms with van der Waals surface area (Å²) in [5, 5.41) is 0. The third-order valence-corrected chi connectivity index (χ3v) is 2.74. The van der Waals surface area contributed by atoms with Gasteiger partial charge < -0.3 is 9.30 Å². The van der Waals surface area contributed by atoms with E-state index in [0.717, 1.165) is 5.75 Å². The normalized spacial score (nSPS) is 10.3. The highest BCUT2D eigenvalue weighted by Gasteiger charge is 2.04. The van der Waals surface area contributed by atoms with Gasteiger partial charge in [0.05, 0.1) is 7.11 Å². The Balaban J connectivity index is 2.49. The third-order valence-electron chi connectivity index (χ3n) is 2.74. The molecule has 2 nitrogen and oxygen atoms in total. The van der Waals surface area contributed by atoms with Gasteiger partial charge in [-0.3, -0.25) is 0 Å². The lowest BCUT2D eigenvalue weighted by atomic mass is 10.1. The summed E-state index contributed by atoms with van der Waals surface area (Å²) in [6.45, 7) is 2.10. The van der Waals surface area contributed by atoms with Crippen LogP contribution in [0, 0.1) is 6.92 Å². The van der Waals surface area contributed by atoms with Crippen LogP contribution >= 0.6 is 0 Å². The van der Waals surface area contributed by atoms with Gasteiger partial charge in [-0.15, -0.1) is 0 Å². The van der Waals surface area contributed by atoms with Crippen molar-refractivity contribution in [3.05, 3.63) is 42.1 Å². The number of methoxy groups -OCH3 is 1. The van der Waals surface area contributed by atoms with Crippen LogP contribution in [0.4, 0.5) is 0 Å². The quantitative estimate of drug-likeness (QED) is 0.728. The highest BCUT2D eigenvalue weighted by Crippen LogP contribution is 2.24. The summed E-state index contributed by atoms with van der Waals surface area (Å²) in [4.78, 5) is 0. The molecule has 1 aromatic carbocycles. The zero-order valence-corrected chi connectivity index (χ0v) is 9.32. The maximum atomic E-state index is 5.21. The Hall–Kier alpha value is -1.70. The second kappa shape index (κ2) is 3.81. The molecule has 0 amide bonds. The smallest absolute Gasteiger partial charge is 0.119 e. The molecule has 15 heavy (non-hydrogen) atoms. The van der Waals surface area contributed by atoms with E-state index in [-0.39, 0.29) is 0 Å². The van der Waals surface area contributed by atoms with E-state index in [9.17, 15) is 0 Å². The number of hydrogen-bond acceptors (Lipinski definition) is 1. The van der Waals surface area contributed by atoms with Gasteiger partial charge in [0.1, 0.15) is 5.75 Å². The molecule has 1 aromatic heterocycles. The van der Waals surface area contributed by atoms with Gasteiger partial charge in [0.25, 0.3) is 0 Å². The van der Waals surface area contributed by atoms with Gasteiger partial charge in [-0.05, 0) is 31.2 Å². The molecule has 2 rings (SSSR count). The molecule has 0 spiro atoms. The molecule has 2 aromatic rings. The Morgan fingerprint density at radius 2 is 1.93 bits per heavy atom. The fourth-order valence-electron chi connectivity index (χ4n) is 1.69. The number of hydrogen-bond donors (Lipinski definition) is 0. The molecule has 0 unspecified atom stereocenters. The zero-order chi connectivity index (χ0) is 10.8.